The first-order valence-electron chi connectivity index (χ1n) is 15.6. The van der Waals surface area contributed by atoms with Gasteiger partial charge in [0.25, 0.3) is 0 Å². The normalized spacial score (nSPS) is 11.4. The van der Waals surface area contributed by atoms with Crippen molar-refractivity contribution in [3.63, 3.8) is 0 Å². The van der Waals surface area contributed by atoms with E-state index in [1.54, 1.807) is 38.3 Å². The molecule has 1 aliphatic carbocycles. The largest absolute Gasteiger partial charge is 0.466 e. The van der Waals surface area contributed by atoms with E-state index in [2.05, 4.69) is 85.6 Å². The monoisotopic (exact) mass is 690 g/mol. The number of fused-ring (bicyclic) bond motifs is 3. The van der Waals surface area contributed by atoms with Gasteiger partial charge in [-0.2, -0.15) is 0 Å². The lowest BCUT2D eigenvalue weighted by Crippen LogP contribution is -2.29. The molecule has 0 radical (unpaired) electrons. The number of rotatable bonds is 7. The van der Waals surface area contributed by atoms with Crippen molar-refractivity contribution >= 4 is 33.0 Å². The number of sulfonamides is 1. The fraction of sp³-hybridized carbons (Fsp3) is 0.526. The molecule has 1 aromatic heterocycles. The molecule has 0 bridgehead atoms. The first-order valence-corrected chi connectivity index (χ1v) is 17.9. The molecule has 1 N–H and O–H groups in total. The minimum atomic E-state index is -3.25. The average molecular weight is 691 g/mol. The lowest BCUT2D eigenvalue weighted by atomic mass is 9.84. The maximum absolute atomic E-state index is 11.4. The molecular weight excluding hydrogens is 629 g/mol. The number of hydrogen-bond donors (Lipinski definition) is 1. The second-order valence-electron chi connectivity index (χ2n) is 12.8. The third-order valence-corrected chi connectivity index (χ3v) is 9.71. The summed E-state index contributed by atoms with van der Waals surface area (Å²) < 4.78 is 30.3. The van der Waals surface area contributed by atoms with E-state index in [0.29, 0.717) is 16.2 Å². The topological polar surface area (TPSA) is 94.1 Å². The summed E-state index contributed by atoms with van der Waals surface area (Å²) in [7, 11) is -3.25. The second kappa shape index (κ2) is 21.8. The highest BCUT2D eigenvalue weighted by Crippen LogP contribution is 2.36. The van der Waals surface area contributed by atoms with E-state index in [-0.39, 0.29) is 38.9 Å². The lowest BCUT2D eigenvalue weighted by molar-refractivity contribution is -0.146. The quantitative estimate of drug-likeness (QED) is 0.154. The van der Waals surface area contributed by atoms with Gasteiger partial charge in [0.15, 0.2) is 0 Å². The minimum absolute atomic E-state index is 0. The fourth-order valence-electron chi connectivity index (χ4n) is 3.34. The number of carbonyl (C=O) groups is 1. The van der Waals surface area contributed by atoms with Crippen LogP contribution in [-0.4, -0.2) is 38.9 Å². The molecule has 0 saturated heterocycles. The van der Waals surface area contributed by atoms with Crippen LogP contribution >= 0.6 is 11.3 Å². The molecule has 4 rings (SSSR count). The Morgan fingerprint density at radius 2 is 1.26 bits per heavy atom. The van der Waals surface area contributed by atoms with Gasteiger partial charge in [-0.3, -0.25) is 4.79 Å². The van der Waals surface area contributed by atoms with Crippen molar-refractivity contribution in [1.82, 2.24) is 4.72 Å². The predicted molar refractivity (Wildman–Crippen MR) is 203 cm³/mol. The molecule has 7 nitrogen and oxygen atoms in total. The van der Waals surface area contributed by atoms with Gasteiger partial charge in [0, 0.05) is 17.2 Å². The molecule has 9 heteroatoms. The standard InChI is InChI=1S/C16H15NO.C7H11NO2S2.C7H16.C6H12O2.2CH4/c1-11(2)18-17-16-14-9-5-3-7-12(14)13-8-4-6-10-15(13)16;1-6(2)8-12(9,10)7-4-3-5-11-7;1-6(2)7(3,4)5;1-4-8-6(7)5(2)3;;/h3-11H,1-2H3;3-6,8H,1-2H3;6H,1-5H3;5H,4H2,1-3H3;2*1H4. The fourth-order valence-corrected chi connectivity index (χ4v) is 5.60. The molecule has 0 fully saturated rings. The third-order valence-electron chi connectivity index (χ3n) is 6.65. The number of ether oxygens (including phenoxy) is 1. The predicted octanol–water partition coefficient (Wildman–Crippen LogP) is 10.4. The van der Waals surface area contributed by atoms with Crippen molar-refractivity contribution in [2.24, 2.45) is 22.4 Å². The Hall–Kier alpha value is -3.01. The van der Waals surface area contributed by atoms with Crippen LogP contribution < -0.4 is 4.72 Å². The van der Waals surface area contributed by atoms with E-state index >= 15 is 0 Å². The molecule has 0 amide bonds. The molecule has 47 heavy (non-hydrogen) atoms. The Kier molecular flexibility index (Phi) is 21.4. The summed E-state index contributed by atoms with van der Waals surface area (Å²) in [6, 6.07) is 19.9. The van der Waals surface area contributed by atoms with Crippen LogP contribution in [0.3, 0.4) is 0 Å². The average Bonchev–Trinajstić information content (AvgIpc) is 3.60. The molecule has 0 aliphatic heterocycles. The summed E-state index contributed by atoms with van der Waals surface area (Å²) in [4.78, 5) is 15.9. The van der Waals surface area contributed by atoms with Crippen LogP contribution in [0.5, 0.6) is 0 Å². The van der Waals surface area contributed by atoms with Crippen molar-refractivity contribution < 1.29 is 22.8 Å². The van der Waals surface area contributed by atoms with Crippen LogP contribution in [0.2, 0.25) is 0 Å². The zero-order chi connectivity index (χ0) is 34.4. The van der Waals surface area contributed by atoms with Crippen LogP contribution in [0, 0.1) is 17.3 Å². The molecule has 0 unspecified atom stereocenters. The second-order valence-corrected chi connectivity index (χ2v) is 15.7. The van der Waals surface area contributed by atoms with Gasteiger partial charge in [-0.1, -0.05) is 123 Å². The lowest BCUT2D eigenvalue weighted by Gasteiger charge is -2.22. The highest BCUT2D eigenvalue weighted by molar-refractivity contribution is 7.91. The zero-order valence-corrected chi connectivity index (χ0v) is 30.8. The number of hydrogen-bond acceptors (Lipinski definition) is 7. The number of nitrogens with one attached hydrogen (secondary N) is 1. The molecule has 3 aromatic rings. The molecular formula is C38H62N2O5S2. The van der Waals surface area contributed by atoms with Gasteiger partial charge in [-0.05, 0) is 68.5 Å². The van der Waals surface area contributed by atoms with Gasteiger partial charge in [0.05, 0.1) is 12.5 Å². The Morgan fingerprint density at radius 1 is 0.809 bits per heavy atom. The van der Waals surface area contributed by atoms with Gasteiger partial charge in [-0.15, -0.1) is 11.3 Å². The van der Waals surface area contributed by atoms with Gasteiger partial charge in [-0.25, -0.2) is 13.1 Å². The molecule has 0 atom stereocenters. The van der Waals surface area contributed by atoms with Crippen molar-refractivity contribution in [2.45, 2.75) is 114 Å². The van der Waals surface area contributed by atoms with Gasteiger partial charge in [0.2, 0.25) is 10.0 Å². The molecule has 2 aromatic carbocycles. The maximum Gasteiger partial charge on any atom is 0.308 e. The van der Waals surface area contributed by atoms with Crippen LogP contribution in [0.15, 0.2) is 75.4 Å². The van der Waals surface area contributed by atoms with Gasteiger partial charge < -0.3 is 9.57 Å². The highest BCUT2D eigenvalue weighted by Gasteiger charge is 2.24. The first kappa shape index (κ1) is 46.1. The summed E-state index contributed by atoms with van der Waals surface area (Å²) in [5, 5.41) is 6.07. The Labute approximate surface area is 291 Å². The Balaban J connectivity index is 0. The molecule has 0 saturated carbocycles. The number of thiophene rings is 1. The summed E-state index contributed by atoms with van der Waals surface area (Å²) in [5.41, 5.74) is 6.21. The van der Waals surface area contributed by atoms with Crippen LogP contribution in [0.4, 0.5) is 0 Å². The van der Waals surface area contributed by atoms with E-state index in [9.17, 15) is 13.2 Å². The first-order chi connectivity index (χ1) is 20.9. The summed E-state index contributed by atoms with van der Waals surface area (Å²) >= 11 is 1.22. The van der Waals surface area contributed by atoms with Gasteiger partial charge in [0.1, 0.15) is 16.0 Å². The Morgan fingerprint density at radius 3 is 1.55 bits per heavy atom. The van der Waals surface area contributed by atoms with Crippen molar-refractivity contribution in [1.29, 1.82) is 0 Å². The number of esters is 1. The minimum Gasteiger partial charge on any atom is -0.466 e. The van der Waals surface area contributed by atoms with Gasteiger partial charge >= 0.3 is 5.97 Å². The summed E-state index contributed by atoms with van der Waals surface area (Å²) in [6.45, 7) is 24.8. The third kappa shape index (κ3) is 16.1. The van der Waals surface area contributed by atoms with Crippen LogP contribution in [0.1, 0.15) is 109 Å². The molecule has 1 aliphatic rings. The molecule has 1 heterocycles. The maximum atomic E-state index is 11.4. The smallest absolute Gasteiger partial charge is 0.308 e. The number of carbonyl (C=O) groups excluding carboxylic acids is 1. The molecule has 266 valence electrons. The van der Waals surface area contributed by atoms with E-state index in [1.165, 1.54) is 22.5 Å². The van der Waals surface area contributed by atoms with Crippen molar-refractivity contribution in [3.8, 4) is 11.1 Å². The molecule has 0 spiro atoms. The van der Waals surface area contributed by atoms with E-state index < -0.39 is 10.0 Å². The van der Waals surface area contributed by atoms with Crippen LogP contribution in [-0.2, 0) is 24.4 Å². The number of nitrogens with zero attached hydrogens (tertiary/aromatic N) is 1. The van der Waals surface area contributed by atoms with Crippen LogP contribution in [0.25, 0.3) is 11.1 Å². The SMILES string of the molecule is C.C.CC(C)C(C)(C)C.CC(C)NS(=O)(=O)c1cccs1.CC(C)ON=C1c2ccccc2-c2ccccc21.CCOC(=O)C(C)C. The van der Waals surface area contributed by atoms with E-state index in [0.717, 1.165) is 22.8 Å². The van der Waals surface area contributed by atoms with E-state index in [1.807, 2.05) is 39.8 Å². The van der Waals surface area contributed by atoms with Crippen molar-refractivity contribution in [3.05, 3.63) is 77.2 Å². The number of benzene rings is 2. The summed E-state index contributed by atoms with van der Waals surface area (Å²) in [5.74, 6) is 0.690. The number of oxime groups is 1. The van der Waals surface area contributed by atoms with E-state index in [4.69, 9.17) is 4.84 Å². The van der Waals surface area contributed by atoms with Crippen molar-refractivity contribution in [2.75, 3.05) is 6.61 Å². The summed E-state index contributed by atoms with van der Waals surface area (Å²) in [6.07, 6.45) is 0.0948. The highest BCUT2D eigenvalue weighted by atomic mass is 32.2. The zero-order valence-electron chi connectivity index (χ0n) is 29.2. The Bertz CT molecular complexity index is 1390.